The van der Waals surface area contributed by atoms with Crippen molar-refractivity contribution in [2.75, 3.05) is 5.75 Å². The molecule has 5 aliphatic carbocycles. The molecule has 5 aliphatic rings. The first-order chi connectivity index (χ1) is 18.2. The van der Waals surface area contributed by atoms with E-state index in [0.717, 1.165) is 24.8 Å². The Hall–Kier alpha value is -1.80. The van der Waals surface area contributed by atoms with Crippen LogP contribution in [0.2, 0.25) is 0 Å². The summed E-state index contributed by atoms with van der Waals surface area (Å²) in [6.45, 7) is 15.8. The average Bonchev–Trinajstić information content (AvgIpc) is 2.86. The molecule has 0 heterocycles. The fourth-order valence-corrected chi connectivity index (χ4v) is 10.7. The van der Waals surface area contributed by atoms with Gasteiger partial charge in [0.05, 0.1) is 5.75 Å². The lowest BCUT2D eigenvalue weighted by Gasteiger charge is -2.71. The summed E-state index contributed by atoms with van der Waals surface area (Å²) in [5.41, 5.74) is -4.38. The van der Waals surface area contributed by atoms with E-state index in [1.54, 1.807) is 19.1 Å². The lowest BCUT2D eigenvalue weighted by atomic mass is 9.33. The van der Waals surface area contributed by atoms with Crippen LogP contribution in [0.25, 0.3) is 0 Å². The highest BCUT2D eigenvalue weighted by Crippen LogP contribution is 2.75. The molecule has 0 bridgehead atoms. The van der Waals surface area contributed by atoms with Crippen LogP contribution in [0.3, 0.4) is 0 Å². The summed E-state index contributed by atoms with van der Waals surface area (Å²) in [5.74, 6) is -1.39. The third kappa shape index (κ3) is 3.50. The number of carbonyl (C=O) groups excluding carboxylic acids is 3. The van der Waals surface area contributed by atoms with Crippen molar-refractivity contribution in [3.63, 3.8) is 0 Å². The molecule has 8 atom stereocenters. The summed E-state index contributed by atoms with van der Waals surface area (Å²) in [5, 5.41) is 12.9. The number of fused-ring (bicyclic) bond motifs is 7. The van der Waals surface area contributed by atoms with Crippen LogP contribution >= 0.6 is 0 Å². The first kappa shape index (κ1) is 29.7. The molecule has 222 valence electrons. The van der Waals surface area contributed by atoms with E-state index < -0.39 is 54.5 Å². The minimum absolute atomic E-state index is 0.0513. The standard InChI is InChI=1S/C32H47NO6S/c1-9-40(38,39)33-25(36)28(5)15-14-27(4)16-17-31(8)30(7)13-10-20-26(2,3)23(34)11-12-29(20,6)21(30)18-24(35)32(31,37)22(27)19-28/h11-12,18,20,22,37H,9-10,13-17,19H2,1-8H3,(H,33,36). The SMILES string of the molecule is CCS(=O)(=O)NC(=O)C1(C)CCC2(C)CCC3(C)C4(C)CCC5C(C)(C)C(=O)C=CC5(C)C4=CC(=O)C3(O)C2C1. The highest BCUT2D eigenvalue weighted by molar-refractivity contribution is 7.90. The molecule has 0 aromatic rings. The van der Waals surface area contributed by atoms with Crippen molar-refractivity contribution in [3.8, 4) is 0 Å². The van der Waals surface area contributed by atoms with Gasteiger partial charge in [-0.15, -0.1) is 0 Å². The molecular weight excluding hydrogens is 526 g/mol. The Morgan fingerprint density at radius 1 is 0.950 bits per heavy atom. The number of carbonyl (C=O) groups is 3. The second-order valence-electron chi connectivity index (χ2n) is 15.5. The van der Waals surface area contributed by atoms with Gasteiger partial charge in [-0.25, -0.2) is 8.42 Å². The number of rotatable bonds is 3. The van der Waals surface area contributed by atoms with E-state index in [2.05, 4.69) is 32.4 Å². The Balaban J connectivity index is 1.63. The summed E-state index contributed by atoms with van der Waals surface area (Å²) in [7, 11) is -3.74. The molecule has 7 nitrogen and oxygen atoms in total. The number of hydrogen-bond acceptors (Lipinski definition) is 6. The Bertz CT molecular complexity index is 1360. The molecule has 3 saturated carbocycles. The molecule has 1 amide bonds. The topological polar surface area (TPSA) is 118 Å². The van der Waals surface area contributed by atoms with Crippen molar-refractivity contribution in [2.24, 2.45) is 44.3 Å². The van der Waals surface area contributed by atoms with Gasteiger partial charge in [0, 0.05) is 27.6 Å². The number of amides is 1. The molecule has 0 radical (unpaired) electrons. The monoisotopic (exact) mass is 573 g/mol. The Morgan fingerprint density at radius 2 is 1.57 bits per heavy atom. The van der Waals surface area contributed by atoms with E-state index in [-0.39, 0.29) is 35.1 Å². The zero-order valence-corrected chi connectivity index (χ0v) is 26.3. The second kappa shape index (κ2) is 8.40. The number of nitrogens with one attached hydrogen (secondary N) is 1. The highest BCUT2D eigenvalue weighted by Gasteiger charge is 2.75. The van der Waals surface area contributed by atoms with Gasteiger partial charge in [0.15, 0.2) is 11.6 Å². The maximum atomic E-state index is 14.4. The fraction of sp³-hybridized carbons (Fsp3) is 0.781. The largest absolute Gasteiger partial charge is 0.381 e. The predicted molar refractivity (Wildman–Crippen MR) is 153 cm³/mol. The highest BCUT2D eigenvalue weighted by atomic mass is 32.2. The predicted octanol–water partition coefficient (Wildman–Crippen LogP) is 4.89. The number of sulfonamides is 1. The molecule has 8 unspecified atom stereocenters. The van der Waals surface area contributed by atoms with Crippen molar-refractivity contribution in [1.82, 2.24) is 4.72 Å². The van der Waals surface area contributed by atoms with Gasteiger partial charge in [-0.1, -0.05) is 54.5 Å². The van der Waals surface area contributed by atoms with E-state index >= 15 is 0 Å². The molecular formula is C32H47NO6S. The Kier molecular flexibility index (Phi) is 6.23. The molecule has 40 heavy (non-hydrogen) atoms. The number of hydrogen-bond donors (Lipinski definition) is 2. The maximum absolute atomic E-state index is 14.4. The number of allylic oxidation sites excluding steroid dienone is 3. The zero-order chi connectivity index (χ0) is 29.9. The van der Waals surface area contributed by atoms with Gasteiger partial charge in [0.1, 0.15) is 5.60 Å². The summed E-state index contributed by atoms with van der Waals surface area (Å²) in [6, 6.07) is 0. The van der Waals surface area contributed by atoms with Crippen LogP contribution in [0.15, 0.2) is 23.8 Å². The van der Waals surface area contributed by atoms with Crippen LogP contribution in [-0.4, -0.2) is 42.4 Å². The van der Waals surface area contributed by atoms with Gasteiger partial charge in [-0.05, 0) is 86.3 Å². The molecule has 3 fully saturated rings. The van der Waals surface area contributed by atoms with Crippen molar-refractivity contribution in [3.05, 3.63) is 23.8 Å². The van der Waals surface area contributed by atoms with Gasteiger partial charge in [0.25, 0.3) is 0 Å². The van der Waals surface area contributed by atoms with Crippen LogP contribution in [-0.2, 0) is 24.4 Å². The van der Waals surface area contributed by atoms with Crippen LogP contribution in [0.1, 0.15) is 100 Å². The van der Waals surface area contributed by atoms with E-state index in [4.69, 9.17) is 0 Å². The molecule has 0 aromatic heterocycles. The Labute approximate surface area is 239 Å². The molecule has 0 spiro atoms. The summed E-state index contributed by atoms with van der Waals surface area (Å²) in [6.07, 6.45) is 9.81. The maximum Gasteiger partial charge on any atom is 0.239 e. The van der Waals surface area contributed by atoms with Crippen LogP contribution in [0.5, 0.6) is 0 Å². The van der Waals surface area contributed by atoms with Gasteiger partial charge in [-0.2, -0.15) is 0 Å². The lowest BCUT2D eigenvalue weighted by Crippen LogP contribution is -2.74. The minimum atomic E-state index is -3.74. The zero-order valence-electron chi connectivity index (χ0n) is 25.4. The lowest BCUT2D eigenvalue weighted by molar-refractivity contribution is -0.242. The molecule has 0 aliphatic heterocycles. The molecule has 8 heteroatoms. The van der Waals surface area contributed by atoms with E-state index in [0.29, 0.717) is 19.3 Å². The minimum Gasteiger partial charge on any atom is -0.381 e. The van der Waals surface area contributed by atoms with Crippen LogP contribution in [0, 0.1) is 44.3 Å². The first-order valence-corrected chi connectivity index (χ1v) is 16.6. The van der Waals surface area contributed by atoms with Crippen LogP contribution < -0.4 is 4.72 Å². The molecule has 0 saturated heterocycles. The normalized spacial score (nSPS) is 47.8. The average molecular weight is 574 g/mol. The second-order valence-corrected chi connectivity index (χ2v) is 17.5. The van der Waals surface area contributed by atoms with Crippen LogP contribution in [0.4, 0.5) is 0 Å². The fourth-order valence-electron chi connectivity index (χ4n) is 10.0. The van der Waals surface area contributed by atoms with E-state index in [1.165, 1.54) is 6.92 Å². The quantitative estimate of drug-likeness (QED) is 0.496. The number of aliphatic hydroxyl groups is 1. The summed E-state index contributed by atoms with van der Waals surface area (Å²) >= 11 is 0. The number of ketones is 2. The van der Waals surface area contributed by atoms with Gasteiger partial charge in [-0.3, -0.25) is 19.1 Å². The molecule has 2 N–H and O–H groups in total. The van der Waals surface area contributed by atoms with Crippen molar-refractivity contribution in [2.45, 2.75) is 106 Å². The van der Waals surface area contributed by atoms with Gasteiger partial charge in [0.2, 0.25) is 15.9 Å². The van der Waals surface area contributed by atoms with Gasteiger partial charge < -0.3 is 5.11 Å². The van der Waals surface area contributed by atoms with E-state index in [9.17, 15) is 27.9 Å². The third-order valence-electron chi connectivity index (χ3n) is 13.2. The van der Waals surface area contributed by atoms with Crippen molar-refractivity contribution in [1.29, 1.82) is 0 Å². The molecule has 0 aromatic carbocycles. The molecule has 5 rings (SSSR count). The smallest absolute Gasteiger partial charge is 0.239 e. The first-order valence-electron chi connectivity index (χ1n) is 14.9. The summed E-state index contributed by atoms with van der Waals surface area (Å²) < 4.78 is 26.8. The Morgan fingerprint density at radius 3 is 2.20 bits per heavy atom. The van der Waals surface area contributed by atoms with Crippen molar-refractivity contribution >= 4 is 27.5 Å². The van der Waals surface area contributed by atoms with E-state index in [1.807, 2.05) is 19.9 Å². The van der Waals surface area contributed by atoms with Gasteiger partial charge >= 0.3 is 0 Å². The van der Waals surface area contributed by atoms with Crippen molar-refractivity contribution < 1.29 is 27.9 Å². The third-order valence-corrected chi connectivity index (χ3v) is 14.5. The summed E-state index contributed by atoms with van der Waals surface area (Å²) in [4.78, 5) is 40.7.